The quantitative estimate of drug-likeness (QED) is 0.823. The van der Waals surface area contributed by atoms with E-state index in [4.69, 9.17) is 4.74 Å². The number of halogens is 1. The molecule has 3 nitrogen and oxygen atoms in total. The third-order valence-electron chi connectivity index (χ3n) is 2.61. The molecule has 1 aliphatic heterocycles. The van der Waals surface area contributed by atoms with E-state index < -0.39 is 0 Å². The van der Waals surface area contributed by atoms with Crippen molar-refractivity contribution in [2.75, 3.05) is 13.2 Å². The van der Waals surface area contributed by atoms with E-state index in [1.807, 2.05) is 6.92 Å². The van der Waals surface area contributed by atoms with Crippen molar-refractivity contribution in [3.63, 3.8) is 0 Å². The van der Waals surface area contributed by atoms with Crippen LogP contribution >= 0.6 is 0 Å². The molecule has 0 radical (unpaired) electrons. The van der Waals surface area contributed by atoms with Gasteiger partial charge in [-0.2, -0.15) is 0 Å². The van der Waals surface area contributed by atoms with E-state index in [0.29, 0.717) is 6.04 Å². The molecule has 2 unspecified atom stereocenters. The van der Waals surface area contributed by atoms with Crippen LogP contribution in [0.1, 0.15) is 25.1 Å². The molecule has 82 valence electrons. The second-order valence-electron chi connectivity index (χ2n) is 3.85. The van der Waals surface area contributed by atoms with Crippen LogP contribution in [0.4, 0.5) is 4.39 Å². The minimum atomic E-state index is -0.296. The first-order valence-corrected chi connectivity index (χ1v) is 5.21. The fraction of sp³-hybridized carbons (Fsp3) is 0.545. The maximum absolute atomic E-state index is 12.7. The van der Waals surface area contributed by atoms with E-state index in [-0.39, 0.29) is 11.9 Å². The van der Waals surface area contributed by atoms with Crippen LogP contribution in [0.15, 0.2) is 18.3 Å². The zero-order chi connectivity index (χ0) is 10.7. The third kappa shape index (κ3) is 2.73. The maximum Gasteiger partial charge on any atom is 0.141 e. The molecule has 1 saturated heterocycles. The molecule has 1 aliphatic rings. The number of ether oxygens (including phenoxy) is 1. The average Bonchev–Trinajstić information content (AvgIpc) is 2.71. The highest BCUT2D eigenvalue weighted by Crippen LogP contribution is 2.13. The fourth-order valence-electron chi connectivity index (χ4n) is 1.75. The minimum Gasteiger partial charge on any atom is -0.380 e. The molecule has 1 N–H and O–H groups in total. The lowest BCUT2D eigenvalue weighted by molar-refractivity contribution is 0.188. The Labute approximate surface area is 88.7 Å². The van der Waals surface area contributed by atoms with Gasteiger partial charge in [0.25, 0.3) is 0 Å². The van der Waals surface area contributed by atoms with Gasteiger partial charge >= 0.3 is 0 Å². The molecular formula is C11H15FN2O. The van der Waals surface area contributed by atoms with Crippen molar-refractivity contribution >= 4 is 0 Å². The molecule has 0 amide bonds. The molecule has 0 aromatic carbocycles. The Morgan fingerprint density at radius 1 is 1.60 bits per heavy atom. The Balaban J connectivity index is 1.94. The minimum absolute atomic E-state index is 0.136. The summed E-state index contributed by atoms with van der Waals surface area (Å²) in [5.41, 5.74) is 0.864. The molecule has 0 saturated carbocycles. The maximum atomic E-state index is 12.7. The molecule has 2 heterocycles. The highest BCUT2D eigenvalue weighted by Gasteiger charge is 2.18. The van der Waals surface area contributed by atoms with Gasteiger partial charge in [0.15, 0.2) is 0 Å². The summed E-state index contributed by atoms with van der Waals surface area (Å²) >= 11 is 0. The van der Waals surface area contributed by atoms with Gasteiger partial charge in [-0.15, -0.1) is 0 Å². The van der Waals surface area contributed by atoms with Crippen LogP contribution in [0.25, 0.3) is 0 Å². The molecular weight excluding hydrogens is 195 g/mol. The largest absolute Gasteiger partial charge is 0.380 e. The van der Waals surface area contributed by atoms with E-state index in [1.165, 1.54) is 12.3 Å². The number of hydrogen-bond acceptors (Lipinski definition) is 3. The predicted octanol–water partition coefficient (Wildman–Crippen LogP) is 1.66. The number of nitrogens with zero attached hydrogens (tertiary/aromatic N) is 1. The first-order valence-electron chi connectivity index (χ1n) is 5.21. The van der Waals surface area contributed by atoms with Gasteiger partial charge in [-0.3, -0.25) is 4.98 Å². The standard InChI is InChI=1S/C11H15FN2O/c1-8(14-10-4-5-15-7-10)11-3-2-9(12)6-13-11/h2-3,6,8,10,14H,4-5,7H2,1H3. The Morgan fingerprint density at radius 2 is 2.47 bits per heavy atom. The van der Waals surface area contributed by atoms with Gasteiger partial charge < -0.3 is 10.1 Å². The molecule has 2 atom stereocenters. The lowest BCUT2D eigenvalue weighted by Crippen LogP contribution is -2.32. The summed E-state index contributed by atoms with van der Waals surface area (Å²) in [5, 5.41) is 3.40. The lowest BCUT2D eigenvalue weighted by atomic mass is 10.1. The van der Waals surface area contributed by atoms with Crippen molar-refractivity contribution < 1.29 is 9.13 Å². The summed E-state index contributed by atoms with van der Waals surface area (Å²) < 4.78 is 17.9. The van der Waals surface area contributed by atoms with Crippen LogP contribution < -0.4 is 5.32 Å². The number of pyridine rings is 1. The lowest BCUT2D eigenvalue weighted by Gasteiger charge is -2.17. The molecule has 1 aromatic heterocycles. The van der Waals surface area contributed by atoms with Crippen molar-refractivity contribution in [3.05, 3.63) is 29.8 Å². The smallest absolute Gasteiger partial charge is 0.141 e. The van der Waals surface area contributed by atoms with E-state index in [9.17, 15) is 4.39 Å². The van der Waals surface area contributed by atoms with Crippen LogP contribution in [-0.2, 0) is 4.74 Å². The van der Waals surface area contributed by atoms with E-state index >= 15 is 0 Å². The second kappa shape index (κ2) is 4.68. The Bertz CT molecular complexity index is 309. The van der Waals surface area contributed by atoms with Crippen LogP contribution in [0.2, 0.25) is 0 Å². The Kier molecular flexibility index (Phi) is 3.28. The predicted molar refractivity (Wildman–Crippen MR) is 55.0 cm³/mol. The van der Waals surface area contributed by atoms with Gasteiger partial charge in [-0.05, 0) is 25.5 Å². The monoisotopic (exact) mass is 210 g/mol. The summed E-state index contributed by atoms with van der Waals surface area (Å²) in [5.74, 6) is -0.296. The van der Waals surface area contributed by atoms with Gasteiger partial charge in [0.1, 0.15) is 5.82 Å². The Morgan fingerprint density at radius 3 is 3.07 bits per heavy atom. The summed E-state index contributed by atoms with van der Waals surface area (Å²) in [7, 11) is 0. The van der Waals surface area contributed by atoms with Crippen molar-refractivity contribution in [3.8, 4) is 0 Å². The average molecular weight is 210 g/mol. The zero-order valence-corrected chi connectivity index (χ0v) is 8.74. The molecule has 2 rings (SSSR count). The van der Waals surface area contributed by atoms with Gasteiger partial charge in [-0.25, -0.2) is 4.39 Å². The van der Waals surface area contributed by atoms with Crippen molar-refractivity contribution in [1.82, 2.24) is 10.3 Å². The SMILES string of the molecule is CC(NC1CCOC1)c1ccc(F)cn1. The molecule has 1 fully saturated rings. The molecule has 1 aromatic rings. The normalized spacial score (nSPS) is 22.9. The number of rotatable bonds is 3. The van der Waals surface area contributed by atoms with E-state index in [0.717, 1.165) is 25.3 Å². The van der Waals surface area contributed by atoms with Crippen LogP contribution in [0.3, 0.4) is 0 Å². The number of hydrogen-bond donors (Lipinski definition) is 1. The van der Waals surface area contributed by atoms with Gasteiger partial charge in [0.05, 0.1) is 18.5 Å². The summed E-state index contributed by atoms with van der Waals surface area (Å²) in [6.07, 6.45) is 2.28. The molecule has 0 bridgehead atoms. The van der Waals surface area contributed by atoms with Gasteiger partial charge in [0, 0.05) is 18.7 Å². The third-order valence-corrected chi connectivity index (χ3v) is 2.61. The van der Waals surface area contributed by atoms with Crippen LogP contribution in [0, 0.1) is 5.82 Å². The van der Waals surface area contributed by atoms with Crippen molar-refractivity contribution in [2.45, 2.75) is 25.4 Å². The van der Waals surface area contributed by atoms with Crippen molar-refractivity contribution in [2.24, 2.45) is 0 Å². The molecule has 4 heteroatoms. The Hall–Kier alpha value is -1.00. The van der Waals surface area contributed by atoms with Crippen LogP contribution in [-0.4, -0.2) is 24.2 Å². The topological polar surface area (TPSA) is 34.1 Å². The molecule has 0 aliphatic carbocycles. The highest BCUT2D eigenvalue weighted by molar-refractivity contribution is 5.09. The molecule has 0 spiro atoms. The first-order chi connectivity index (χ1) is 7.25. The molecule has 15 heavy (non-hydrogen) atoms. The number of aromatic nitrogens is 1. The van der Waals surface area contributed by atoms with Gasteiger partial charge in [0.2, 0.25) is 0 Å². The summed E-state index contributed by atoms with van der Waals surface area (Å²) in [6, 6.07) is 3.68. The highest BCUT2D eigenvalue weighted by atomic mass is 19.1. The fourth-order valence-corrected chi connectivity index (χ4v) is 1.75. The second-order valence-corrected chi connectivity index (χ2v) is 3.85. The summed E-state index contributed by atoms with van der Waals surface area (Å²) in [4.78, 5) is 4.04. The van der Waals surface area contributed by atoms with Gasteiger partial charge in [-0.1, -0.05) is 0 Å². The summed E-state index contributed by atoms with van der Waals surface area (Å²) in [6.45, 7) is 3.60. The van der Waals surface area contributed by atoms with Crippen LogP contribution in [0.5, 0.6) is 0 Å². The van der Waals surface area contributed by atoms with E-state index in [2.05, 4.69) is 10.3 Å². The van der Waals surface area contributed by atoms with Crippen molar-refractivity contribution in [1.29, 1.82) is 0 Å². The number of nitrogens with one attached hydrogen (secondary N) is 1. The first kappa shape index (κ1) is 10.5. The van der Waals surface area contributed by atoms with E-state index in [1.54, 1.807) is 6.07 Å². The zero-order valence-electron chi connectivity index (χ0n) is 8.74.